The number of non-ortho nitro benzene ring substituents is 1. The van der Waals surface area contributed by atoms with Gasteiger partial charge in [-0.05, 0) is 29.8 Å². The molecule has 1 amide bonds. The van der Waals surface area contributed by atoms with E-state index in [1.807, 2.05) is 0 Å². The van der Waals surface area contributed by atoms with Crippen LogP contribution in [-0.2, 0) is 35.7 Å². The van der Waals surface area contributed by atoms with Gasteiger partial charge < -0.3 is 29.4 Å². The van der Waals surface area contributed by atoms with Gasteiger partial charge in [0, 0.05) is 19.1 Å². The van der Waals surface area contributed by atoms with Crippen molar-refractivity contribution in [2.75, 3.05) is 6.61 Å². The number of ether oxygens (including phenoxy) is 4. The topological polar surface area (TPSA) is 201 Å². The third kappa shape index (κ3) is 7.33. The van der Waals surface area contributed by atoms with E-state index in [0.717, 1.165) is 19.1 Å². The molecule has 1 fully saturated rings. The lowest BCUT2D eigenvalue weighted by Gasteiger charge is -2.48. The number of nitrogens with zero attached hydrogens (tertiary/aromatic N) is 1. The van der Waals surface area contributed by atoms with Crippen LogP contribution in [0.25, 0.3) is 0 Å². The van der Waals surface area contributed by atoms with Gasteiger partial charge in [-0.2, -0.15) is 8.42 Å². The first-order valence-corrected chi connectivity index (χ1v) is 14.2. The lowest BCUT2D eigenvalue weighted by molar-refractivity contribution is -0.384. The van der Waals surface area contributed by atoms with Crippen molar-refractivity contribution in [2.24, 2.45) is 0 Å². The molecule has 1 aliphatic heterocycles. The summed E-state index contributed by atoms with van der Waals surface area (Å²) < 4.78 is 58.8. The average Bonchev–Trinajstić information content (AvgIpc) is 2.97. The van der Waals surface area contributed by atoms with Crippen molar-refractivity contribution < 1.29 is 51.5 Å². The van der Waals surface area contributed by atoms with Crippen molar-refractivity contribution in [3.05, 3.63) is 106 Å². The highest BCUT2D eigenvalue weighted by Crippen LogP contribution is 2.38. The third-order valence-electron chi connectivity index (χ3n) is 6.49. The zero-order valence-electron chi connectivity index (χ0n) is 22.6. The van der Waals surface area contributed by atoms with Crippen LogP contribution in [0.1, 0.15) is 22.8 Å². The monoisotopic (exact) mass is 616 g/mol. The molecule has 1 aliphatic rings. The Morgan fingerprint density at radius 3 is 2.19 bits per heavy atom. The number of nitro benzene ring substituents is 1. The zero-order valence-corrected chi connectivity index (χ0v) is 23.5. The van der Waals surface area contributed by atoms with Crippen LogP contribution >= 0.6 is 0 Å². The van der Waals surface area contributed by atoms with Gasteiger partial charge in [0.25, 0.3) is 10.6 Å². The van der Waals surface area contributed by atoms with Crippen LogP contribution in [-0.4, -0.2) is 71.0 Å². The second kappa shape index (κ2) is 13.3. The van der Waals surface area contributed by atoms with Crippen LogP contribution in [0, 0.1) is 10.1 Å². The Balaban J connectivity index is 1.75. The Labute approximate surface area is 246 Å². The van der Waals surface area contributed by atoms with E-state index in [1.54, 1.807) is 36.4 Å². The Morgan fingerprint density at radius 1 is 1.02 bits per heavy atom. The van der Waals surface area contributed by atoms with Crippen LogP contribution < -0.4 is 10.1 Å². The fourth-order valence-corrected chi connectivity index (χ4v) is 5.38. The van der Waals surface area contributed by atoms with Crippen molar-refractivity contribution in [3.8, 4) is 5.75 Å². The molecule has 228 valence electrons. The molecule has 0 bridgehead atoms. The highest BCUT2D eigenvalue weighted by Gasteiger charge is 2.66. The molecule has 14 nitrogen and oxygen atoms in total. The first-order chi connectivity index (χ1) is 20.4. The first-order valence-electron chi connectivity index (χ1n) is 12.8. The molecule has 1 saturated heterocycles. The Kier molecular flexibility index (Phi) is 9.73. The minimum atomic E-state index is -5.54. The van der Waals surface area contributed by atoms with Gasteiger partial charge in [-0.25, -0.2) is 4.79 Å². The Morgan fingerprint density at radius 2 is 1.63 bits per heavy atom. The molecule has 43 heavy (non-hydrogen) atoms. The normalized spacial score (nSPS) is 23.6. The van der Waals surface area contributed by atoms with Gasteiger partial charge in [-0.15, -0.1) is 0 Å². The van der Waals surface area contributed by atoms with E-state index in [-0.39, 0.29) is 23.6 Å². The minimum Gasteiger partial charge on any atom is -0.463 e. The molecule has 0 unspecified atom stereocenters. The largest absolute Gasteiger partial charge is 0.463 e. The molecule has 3 aromatic carbocycles. The quantitative estimate of drug-likeness (QED) is 0.123. The molecule has 0 saturated carbocycles. The van der Waals surface area contributed by atoms with Crippen molar-refractivity contribution in [1.29, 1.82) is 0 Å². The molecule has 0 aliphatic carbocycles. The van der Waals surface area contributed by atoms with Crippen molar-refractivity contribution in [2.45, 2.75) is 43.0 Å². The van der Waals surface area contributed by atoms with Gasteiger partial charge in [-0.1, -0.05) is 48.5 Å². The molecular formula is C28H28N2O12S. The summed E-state index contributed by atoms with van der Waals surface area (Å²) in [6, 6.07) is 19.1. The van der Waals surface area contributed by atoms with E-state index in [9.17, 15) is 37.8 Å². The van der Waals surface area contributed by atoms with Crippen LogP contribution in [0.4, 0.5) is 5.69 Å². The number of carbonyl (C=O) groups excluding carboxylic acids is 2. The van der Waals surface area contributed by atoms with E-state index in [0.29, 0.717) is 5.56 Å². The van der Waals surface area contributed by atoms with Crippen LogP contribution in [0.2, 0.25) is 0 Å². The molecular weight excluding hydrogens is 588 g/mol. The van der Waals surface area contributed by atoms with Crippen molar-refractivity contribution in [1.82, 2.24) is 5.32 Å². The third-order valence-corrected chi connectivity index (χ3v) is 7.82. The zero-order chi connectivity index (χ0) is 31.2. The number of benzene rings is 3. The fourth-order valence-electron chi connectivity index (χ4n) is 4.43. The van der Waals surface area contributed by atoms with E-state index < -0.39 is 63.0 Å². The highest BCUT2D eigenvalue weighted by atomic mass is 32.2. The molecule has 3 aromatic rings. The first kappa shape index (κ1) is 31.5. The summed E-state index contributed by atoms with van der Waals surface area (Å²) >= 11 is 0. The summed E-state index contributed by atoms with van der Waals surface area (Å²) in [5, 5.41) is 25.1. The lowest BCUT2D eigenvalue weighted by atomic mass is 9.95. The SMILES string of the molecule is CC(=O)N[C@H]1[C@H](Oc2ccc([N+](=O)[O-])cc2)O[C@H](COCc2ccccc2)[C@](O)(S(=O)(=O)O)[C@@H]1OC(=O)c1ccccc1. The van der Waals surface area contributed by atoms with Gasteiger partial charge in [0.05, 0.1) is 23.7 Å². The predicted octanol–water partition coefficient (Wildman–Crippen LogP) is 2.22. The molecule has 5 atom stereocenters. The summed E-state index contributed by atoms with van der Waals surface area (Å²) in [6.45, 7) is 0.359. The van der Waals surface area contributed by atoms with Crippen LogP contribution in [0.3, 0.4) is 0 Å². The number of hydrogen-bond donors (Lipinski definition) is 3. The summed E-state index contributed by atoms with van der Waals surface area (Å²) in [5.74, 6) is -1.87. The Hall–Kier alpha value is -4.41. The smallest absolute Gasteiger partial charge is 0.338 e. The molecule has 3 N–H and O–H groups in total. The predicted molar refractivity (Wildman–Crippen MR) is 148 cm³/mol. The number of hydrogen-bond acceptors (Lipinski definition) is 11. The molecule has 0 radical (unpaired) electrons. The maximum atomic E-state index is 13.1. The van der Waals surface area contributed by atoms with Gasteiger partial charge in [0.15, 0.2) is 6.10 Å². The number of rotatable bonds is 11. The fraction of sp³-hybridized carbons (Fsp3) is 0.286. The molecule has 15 heteroatoms. The summed E-state index contributed by atoms with van der Waals surface area (Å²) in [4.78, 5) is 32.5. The second-order valence-electron chi connectivity index (χ2n) is 9.51. The van der Waals surface area contributed by atoms with Gasteiger partial charge in [0.2, 0.25) is 12.2 Å². The van der Waals surface area contributed by atoms with Gasteiger partial charge >= 0.3 is 16.1 Å². The number of esters is 1. The van der Waals surface area contributed by atoms with Gasteiger partial charge in [0.1, 0.15) is 17.9 Å². The summed E-state index contributed by atoms with van der Waals surface area (Å²) in [7, 11) is -5.54. The van der Waals surface area contributed by atoms with Crippen LogP contribution in [0.15, 0.2) is 84.9 Å². The molecule has 4 rings (SSSR count). The molecule has 0 aromatic heterocycles. The highest BCUT2D eigenvalue weighted by molar-refractivity contribution is 7.87. The van der Waals surface area contributed by atoms with E-state index in [4.69, 9.17) is 18.9 Å². The maximum Gasteiger partial charge on any atom is 0.338 e. The molecule has 0 spiro atoms. The van der Waals surface area contributed by atoms with Gasteiger partial charge in [-0.3, -0.25) is 19.5 Å². The number of carbonyl (C=O) groups is 2. The van der Waals surface area contributed by atoms with E-state index in [2.05, 4.69) is 5.32 Å². The number of amides is 1. The second-order valence-corrected chi connectivity index (χ2v) is 11.1. The summed E-state index contributed by atoms with van der Waals surface area (Å²) in [5.41, 5.74) is 0.409. The number of nitrogens with one attached hydrogen (secondary N) is 1. The van der Waals surface area contributed by atoms with E-state index >= 15 is 0 Å². The lowest BCUT2D eigenvalue weighted by Crippen LogP contribution is -2.74. The number of aliphatic hydroxyl groups is 1. The van der Waals surface area contributed by atoms with Crippen molar-refractivity contribution in [3.63, 3.8) is 0 Å². The van der Waals surface area contributed by atoms with Crippen molar-refractivity contribution >= 4 is 27.7 Å². The summed E-state index contributed by atoms with van der Waals surface area (Å²) in [6.07, 6.45) is -5.81. The average molecular weight is 617 g/mol. The standard InChI is InChI=1S/C28H28N2O12S/c1-18(31)29-24-25(42-26(32)20-10-6-3-7-11-20)28(33,43(36,37)38)23(17-39-16-19-8-4-2-5-9-19)41-27(24)40-22-14-12-21(13-15-22)30(34)35/h2-15,23-25,27,33H,16-17H2,1H3,(H,29,31)(H,36,37,38)/t23-,24-,25-,27-,28+/m1/s1. The molecule has 1 heterocycles. The van der Waals surface area contributed by atoms with Crippen LogP contribution in [0.5, 0.6) is 5.75 Å². The Bertz CT molecular complexity index is 1540. The number of nitro groups is 1. The maximum absolute atomic E-state index is 13.1. The van der Waals surface area contributed by atoms with E-state index in [1.165, 1.54) is 36.4 Å². The minimum absolute atomic E-state index is 0.0136.